The summed E-state index contributed by atoms with van der Waals surface area (Å²) in [4.78, 5) is 27.0. The maximum absolute atomic E-state index is 13.2. The van der Waals surface area contributed by atoms with Crippen LogP contribution in [0.15, 0.2) is 84.9 Å². The van der Waals surface area contributed by atoms with Gasteiger partial charge < -0.3 is 9.64 Å². The SMILES string of the molecule is Cc1ccc([C@H](NNC(=O)OCc2ccccc2)C(=O)N(C)Cc2ccccc2)cc1. The van der Waals surface area contributed by atoms with Crippen molar-refractivity contribution in [1.82, 2.24) is 15.8 Å². The fourth-order valence-electron chi connectivity index (χ4n) is 3.09. The van der Waals surface area contributed by atoms with Gasteiger partial charge >= 0.3 is 6.09 Å². The van der Waals surface area contributed by atoms with Gasteiger partial charge in [0.05, 0.1) is 0 Å². The Hall–Kier alpha value is -3.64. The molecular formula is C25H27N3O3. The maximum Gasteiger partial charge on any atom is 0.421 e. The van der Waals surface area contributed by atoms with Crippen molar-refractivity contribution in [3.63, 3.8) is 0 Å². The summed E-state index contributed by atoms with van der Waals surface area (Å²) in [6.07, 6.45) is -0.653. The number of carbonyl (C=O) groups excluding carboxylic acids is 2. The van der Waals surface area contributed by atoms with Crippen LogP contribution in [0, 0.1) is 6.92 Å². The molecule has 0 saturated heterocycles. The summed E-state index contributed by atoms with van der Waals surface area (Å²) in [7, 11) is 1.74. The fraction of sp³-hybridized carbons (Fsp3) is 0.200. The van der Waals surface area contributed by atoms with Gasteiger partial charge in [-0.1, -0.05) is 90.5 Å². The zero-order valence-electron chi connectivity index (χ0n) is 17.7. The van der Waals surface area contributed by atoms with E-state index in [9.17, 15) is 9.59 Å². The molecule has 0 aliphatic heterocycles. The summed E-state index contributed by atoms with van der Waals surface area (Å²) in [6.45, 7) is 2.59. The molecular weight excluding hydrogens is 390 g/mol. The third-order valence-corrected chi connectivity index (χ3v) is 4.83. The van der Waals surface area contributed by atoms with Gasteiger partial charge in [-0.25, -0.2) is 10.2 Å². The number of likely N-dealkylation sites (N-methyl/N-ethyl adjacent to an activating group) is 1. The van der Waals surface area contributed by atoms with E-state index in [2.05, 4.69) is 10.9 Å². The first-order chi connectivity index (χ1) is 15.0. The van der Waals surface area contributed by atoms with Gasteiger partial charge in [0.2, 0.25) is 5.91 Å². The summed E-state index contributed by atoms with van der Waals surface area (Å²) >= 11 is 0. The van der Waals surface area contributed by atoms with E-state index in [1.165, 1.54) is 0 Å². The number of benzene rings is 3. The lowest BCUT2D eigenvalue weighted by Crippen LogP contribution is -2.46. The van der Waals surface area contributed by atoms with E-state index in [1.54, 1.807) is 11.9 Å². The summed E-state index contributed by atoms with van der Waals surface area (Å²) in [5.41, 5.74) is 9.09. The molecule has 6 heteroatoms. The number of nitrogens with zero attached hydrogens (tertiary/aromatic N) is 1. The van der Waals surface area contributed by atoms with E-state index in [0.717, 1.165) is 22.3 Å². The molecule has 0 heterocycles. The highest BCUT2D eigenvalue weighted by molar-refractivity contribution is 5.83. The third kappa shape index (κ3) is 6.69. The van der Waals surface area contributed by atoms with Crippen molar-refractivity contribution in [2.24, 2.45) is 0 Å². The van der Waals surface area contributed by atoms with Gasteiger partial charge in [-0.15, -0.1) is 0 Å². The minimum Gasteiger partial charge on any atom is -0.444 e. The Morgan fingerprint density at radius 3 is 2.06 bits per heavy atom. The van der Waals surface area contributed by atoms with Crippen LogP contribution in [-0.2, 0) is 22.7 Å². The summed E-state index contributed by atoms with van der Waals surface area (Å²) in [6, 6.07) is 26.0. The molecule has 31 heavy (non-hydrogen) atoms. The van der Waals surface area contributed by atoms with Gasteiger partial charge in [0, 0.05) is 13.6 Å². The van der Waals surface area contributed by atoms with E-state index in [-0.39, 0.29) is 12.5 Å². The number of amides is 2. The van der Waals surface area contributed by atoms with Crippen molar-refractivity contribution >= 4 is 12.0 Å². The molecule has 3 aromatic carbocycles. The molecule has 0 spiro atoms. The van der Waals surface area contributed by atoms with E-state index < -0.39 is 12.1 Å². The average Bonchev–Trinajstić information content (AvgIpc) is 2.80. The summed E-state index contributed by atoms with van der Waals surface area (Å²) in [5, 5.41) is 0. The molecule has 0 saturated carbocycles. The van der Waals surface area contributed by atoms with Gasteiger partial charge in [-0.2, -0.15) is 0 Å². The predicted octanol–water partition coefficient (Wildman–Crippen LogP) is 4.13. The highest BCUT2D eigenvalue weighted by Gasteiger charge is 2.24. The first kappa shape index (κ1) is 22.1. The molecule has 6 nitrogen and oxygen atoms in total. The predicted molar refractivity (Wildman–Crippen MR) is 120 cm³/mol. The number of hydrazine groups is 1. The monoisotopic (exact) mass is 417 g/mol. The zero-order valence-corrected chi connectivity index (χ0v) is 17.7. The van der Waals surface area contributed by atoms with Crippen molar-refractivity contribution in [1.29, 1.82) is 0 Å². The van der Waals surface area contributed by atoms with Crippen LogP contribution in [0.5, 0.6) is 0 Å². The highest BCUT2D eigenvalue weighted by atomic mass is 16.6. The first-order valence-electron chi connectivity index (χ1n) is 10.1. The standard InChI is InChI=1S/C25H27N3O3/c1-19-13-15-22(16-14-19)23(24(29)28(2)17-20-9-5-3-6-10-20)26-27-25(30)31-18-21-11-7-4-8-12-21/h3-16,23,26H,17-18H2,1-2H3,(H,27,30)/t23-/m0/s1. The fourth-order valence-corrected chi connectivity index (χ4v) is 3.09. The first-order valence-corrected chi connectivity index (χ1v) is 10.1. The minimum atomic E-state index is -0.751. The topological polar surface area (TPSA) is 70.7 Å². The van der Waals surface area contributed by atoms with Crippen LogP contribution in [0.3, 0.4) is 0 Å². The quantitative estimate of drug-likeness (QED) is 0.541. The molecule has 2 N–H and O–H groups in total. The lowest BCUT2D eigenvalue weighted by atomic mass is 10.0. The number of ether oxygens (including phenoxy) is 1. The molecule has 0 aromatic heterocycles. The number of nitrogens with one attached hydrogen (secondary N) is 2. The maximum atomic E-state index is 13.2. The molecule has 0 bridgehead atoms. The van der Waals surface area contributed by atoms with Crippen LogP contribution < -0.4 is 10.9 Å². The number of hydrogen-bond acceptors (Lipinski definition) is 4. The lowest BCUT2D eigenvalue weighted by Gasteiger charge is -2.25. The summed E-state index contributed by atoms with van der Waals surface area (Å²) in [5.74, 6) is -0.170. The molecule has 2 amide bonds. The van der Waals surface area contributed by atoms with E-state index in [4.69, 9.17) is 4.74 Å². The molecule has 0 unspecified atom stereocenters. The van der Waals surface area contributed by atoms with Gasteiger partial charge in [-0.3, -0.25) is 10.2 Å². The second kappa shape index (κ2) is 10.9. The number of aryl methyl sites for hydroxylation is 1. The van der Waals surface area contributed by atoms with Crippen molar-refractivity contribution in [2.45, 2.75) is 26.1 Å². The highest BCUT2D eigenvalue weighted by Crippen LogP contribution is 2.17. The lowest BCUT2D eigenvalue weighted by molar-refractivity contribution is -0.133. The zero-order chi connectivity index (χ0) is 22.1. The molecule has 0 radical (unpaired) electrons. The molecule has 3 rings (SSSR count). The van der Waals surface area contributed by atoms with Crippen molar-refractivity contribution < 1.29 is 14.3 Å². The molecule has 0 aliphatic rings. The smallest absolute Gasteiger partial charge is 0.421 e. The van der Waals surface area contributed by atoms with Crippen LogP contribution in [-0.4, -0.2) is 23.9 Å². The van der Waals surface area contributed by atoms with E-state index in [0.29, 0.717) is 6.54 Å². The van der Waals surface area contributed by atoms with Crippen LogP contribution in [0.4, 0.5) is 4.79 Å². The van der Waals surface area contributed by atoms with Crippen LogP contribution in [0.25, 0.3) is 0 Å². The third-order valence-electron chi connectivity index (χ3n) is 4.83. The largest absolute Gasteiger partial charge is 0.444 e. The Bertz CT molecular complexity index is 976. The Labute approximate surface area is 182 Å². The van der Waals surface area contributed by atoms with E-state index in [1.807, 2.05) is 91.9 Å². The number of hydrogen-bond donors (Lipinski definition) is 2. The van der Waals surface area contributed by atoms with Crippen LogP contribution >= 0.6 is 0 Å². The minimum absolute atomic E-state index is 0.144. The second-order valence-corrected chi connectivity index (χ2v) is 7.35. The van der Waals surface area contributed by atoms with Crippen LogP contribution in [0.2, 0.25) is 0 Å². The van der Waals surface area contributed by atoms with Crippen molar-refractivity contribution in [2.75, 3.05) is 7.05 Å². The normalized spacial score (nSPS) is 11.4. The number of carbonyl (C=O) groups is 2. The van der Waals surface area contributed by atoms with Gasteiger partial charge in [0.15, 0.2) is 0 Å². The van der Waals surface area contributed by atoms with Crippen LogP contribution in [0.1, 0.15) is 28.3 Å². The summed E-state index contributed by atoms with van der Waals surface area (Å²) < 4.78 is 5.23. The van der Waals surface area contributed by atoms with Crippen molar-refractivity contribution in [3.8, 4) is 0 Å². The average molecular weight is 418 g/mol. The molecule has 160 valence electrons. The molecule has 0 fully saturated rings. The number of rotatable bonds is 8. The van der Waals surface area contributed by atoms with E-state index >= 15 is 0 Å². The van der Waals surface area contributed by atoms with Crippen molar-refractivity contribution in [3.05, 3.63) is 107 Å². The Kier molecular flexibility index (Phi) is 7.79. The van der Waals surface area contributed by atoms with Gasteiger partial charge in [0.1, 0.15) is 12.6 Å². The van der Waals surface area contributed by atoms with Gasteiger partial charge in [-0.05, 0) is 23.6 Å². The Morgan fingerprint density at radius 2 is 1.45 bits per heavy atom. The van der Waals surface area contributed by atoms with Gasteiger partial charge in [0.25, 0.3) is 0 Å². The Morgan fingerprint density at radius 1 is 0.871 bits per heavy atom. The molecule has 0 aliphatic carbocycles. The molecule has 1 atom stereocenters. The Balaban J connectivity index is 1.65. The molecule has 3 aromatic rings. The second-order valence-electron chi connectivity index (χ2n) is 7.35.